The molecule has 0 bridgehead atoms. The molecule has 0 spiro atoms. The number of fused-ring (bicyclic) bond motifs is 1. The third kappa shape index (κ3) is 5.81. The summed E-state index contributed by atoms with van der Waals surface area (Å²) in [5.41, 5.74) is 2.26. The van der Waals surface area contributed by atoms with E-state index in [2.05, 4.69) is 13.8 Å². The molecule has 2 rings (SSSR count). The van der Waals surface area contributed by atoms with Gasteiger partial charge in [0, 0.05) is 39.0 Å². The first-order chi connectivity index (χ1) is 13.0. The Hall–Kier alpha value is -2.37. The molecule has 1 aliphatic heterocycles. The van der Waals surface area contributed by atoms with Gasteiger partial charge in [-0.1, -0.05) is 19.9 Å². The van der Waals surface area contributed by atoms with Crippen molar-refractivity contribution < 1.29 is 19.5 Å². The maximum Gasteiger partial charge on any atom is 0.335 e. The molecule has 1 aromatic rings. The SMILES string of the molecule is CCCN(CCC)C(=O)CCCC(=O)N1CCc2ccc(C(=O)O)cc2C1. The van der Waals surface area contributed by atoms with Crippen LogP contribution in [-0.4, -0.2) is 52.3 Å². The minimum atomic E-state index is -0.955. The minimum absolute atomic E-state index is 0.0340. The van der Waals surface area contributed by atoms with Crippen molar-refractivity contribution in [1.82, 2.24) is 9.80 Å². The van der Waals surface area contributed by atoms with Crippen LogP contribution in [0.2, 0.25) is 0 Å². The maximum absolute atomic E-state index is 12.5. The summed E-state index contributed by atoms with van der Waals surface area (Å²) < 4.78 is 0. The number of carboxylic acid groups (broad SMARTS) is 1. The lowest BCUT2D eigenvalue weighted by molar-refractivity contribution is -0.133. The van der Waals surface area contributed by atoms with E-state index in [0.717, 1.165) is 43.5 Å². The van der Waals surface area contributed by atoms with Crippen LogP contribution in [0.25, 0.3) is 0 Å². The van der Waals surface area contributed by atoms with Crippen molar-refractivity contribution in [3.63, 3.8) is 0 Å². The molecular weight excluding hydrogens is 344 g/mol. The van der Waals surface area contributed by atoms with E-state index in [1.54, 1.807) is 17.0 Å². The molecule has 0 saturated heterocycles. The van der Waals surface area contributed by atoms with Gasteiger partial charge in [-0.3, -0.25) is 9.59 Å². The average Bonchev–Trinajstić information content (AvgIpc) is 2.66. The zero-order valence-corrected chi connectivity index (χ0v) is 16.4. The maximum atomic E-state index is 12.5. The van der Waals surface area contributed by atoms with Gasteiger partial charge in [0.25, 0.3) is 0 Å². The van der Waals surface area contributed by atoms with Crippen molar-refractivity contribution in [3.05, 3.63) is 34.9 Å². The fraction of sp³-hybridized carbons (Fsp3) is 0.571. The summed E-state index contributed by atoms with van der Waals surface area (Å²) in [4.78, 5) is 39.6. The van der Waals surface area contributed by atoms with Crippen molar-refractivity contribution in [1.29, 1.82) is 0 Å². The average molecular weight is 374 g/mol. The fourth-order valence-electron chi connectivity index (χ4n) is 3.51. The minimum Gasteiger partial charge on any atom is -0.478 e. The predicted molar refractivity (Wildman–Crippen MR) is 104 cm³/mol. The Balaban J connectivity index is 1.85. The number of benzene rings is 1. The molecule has 0 fully saturated rings. The van der Waals surface area contributed by atoms with Crippen LogP contribution in [0, 0.1) is 0 Å². The van der Waals surface area contributed by atoms with Crippen LogP contribution in [0.3, 0.4) is 0 Å². The topological polar surface area (TPSA) is 77.9 Å². The molecule has 1 heterocycles. The summed E-state index contributed by atoms with van der Waals surface area (Å²) in [6.07, 6.45) is 3.93. The second kappa shape index (κ2) is 10.1. The molecular formula is C21H30N2O4. The van der Waals surface area contributed by atoms with E-state index in [1.807, 2.05) is 11.0 Å². The predicted octanol–water partition coefficient (Wildman–Crippen LogP) is 3.09. The van der Waals surface area contributed by atoms with E-state index < -0.39 is 5.97 Å². The van der Waals surface area contributed by atoms with Crippen molar-refractivity contribution >= 4 is 17.8 Å². The Kier molecular flexibility index (Phi) is 7.82. The van der Waals surface area contributed by atoms with E-state index in [4.69, 9.17) is 5.11 Å². The molecule has 0 aliphatic carbocycles. The number of carboxylic acids is 1. The number of aromatic carboxylic acids is 1. The molecule has 6 heteroatoms. The van der Waals surface area contributed by atoms with E-state index in [9.17, 15) is 14.4 Å². The molecule has 2 amide bonds. The lowest BCUT2D eigenvalue weighted by atomic mass is 9.97. The Morgan fingerprint density at radius 2 is 1.78 bits per heavy atom. The van der Waals surface area contributed by atoms with Gasteiger partial charge in [0.15, 0.2) is 0 Å². The molecule has 0 aromatic heterocycles. The van der Waals surface area contributed by atoms with Gasteiger partial charge in [-0.25, -0.2) is 4.79 Å². The van der Waals surface area contributed by atoms with Gasteiger partial charge < -0.3 is 14.9 Å². The van der Waals surface area contributed by atoms with Crippen molar-refractivity contribution in [2.24, 2.45) is 0 Å². The van der Waals surface area contributed by atoms with Crippen LogP contribution < -0.4 is 0 Å². The van der Waals surface area contributed by atoms with Crippen molar-refractivity contribution in [2.75, 3.05) is 19.6 Å². The van der Waals surface area contributed by atoms with Gasteiger partial charge in [0.05, 0.1) is 5.56 Å². The quantitative estimate of drug-likeness (QED) is 0.720. The van der Waals surface area contributed by atoms with Gasteiger partial charge in [0.2, 0.25) is 11.8 Å². The first-order valence-electron chi connectivity index (χ1n) is 9.86. The van der Waals surface area contributed by atoms with Crippen LogP contribution in [-0.2, 0) is 22.6 Å². The number of carbonyl (C=O) groups is 3. The van der Waals surface area contributed by atoms with Gasteiger partial charge >= 0.3 is 5.97 Å². The summed E-state index contributed by atoms with van der Waals surface area (Å²) in [5, 5.41) is 9.13. The molecule has 27 heavy (non-hydrogen) atoms. The third-order valence-corrected chi connectivity index (χ3v) is 4.94. The lowest BCUT2D eigenvalue weighted by Crippen LogP contribution is -2.36. The van der Waals surface area contributed by atoms with Crippen LogP contribution in [0.5, 0.6) is 0 Å². The normalized spacial score (nSPS) is 13.2. The number of hydrogen-bond donors (Lipinski definition) is 1. The first kappa shape index (κ1) is 20.9. The molecule has 0 saturated carbocycles. The zero-order chi connectivity index (χ0) is 19.8. The van der Waals surface area contributed by atoms with Crippen LogP contribution in [0.4, 0.5) is 0 Å². The number of carbonyl (C=O) groups excluding carboxylic acids is 2. The number of amides is 2. The second-order valence-corrected chi connectivity index (χ2v) is 7.09. The largest absolute Gasteiger partial charge is 0.478 e. The third-order valence-electron chi connectivity index (χ3n) is 4.94. The van der Waals surface area contributed by atoms with Gasteiger partial charge in [-0.15, -0.1) is 0 Å². The van der Waals surface area contributed by atoms with E-state index in [-0.39, 0.29) is 17.4 Å². The van der Waals surface area contributed by atoms with Crippen molar-refractivity contribution in [3.8, 4) is 0 Å². The zero-order valence-electron chi connectivity index (χ0n) is 16.4. The van der Waals surface area contributed by atoms with Crippen LogP contribution in [0.1, 0.15) is 67.4 Å². The van der Waals surface area contributed by atoms with Gasteiger partial charge in [-0.2, -0.15) is 0 Å². The Morgan fingerprint density at radius 3 is 2.41 bits per heavy atom. The lowest BCUT2D eigenvalue weighted by Gasteiger charge is -2.29. The number of rotatable bonds is 9. The summed E-state index contributed by atoms with van der Waals surface area (Å²) in [6.45, 7) is 6.75. The molecule has 1 aliphatic rings. The van der Waals surface area contributed by atoms with E-state index >= 15 is 0 Å². The highest BCUT2D eigenvalue weighted by atomic mass is 16.4. The standard InChI is InChI=1S/C21H30N2O4/c1-3-11-22(12-4-2)19(24)6-5-7-20(25)23-13-10-16-8-9-17(21(26)27)14-18(16)15-23/h8-9,14H,3-7,10-13,15H2,1-2H3,(H,26,27). The van der Waals surface area contributed by atoms with E-state index in [0.29, 0.717) is 32.4 Å². The Bertz CT molecular complexity index is 681. The Morgan fingerprint density at radius 1 is 1.07 bits per heavy atom. The highest BCUT2D eigenvalue weighted by molar-refractivity contribution is 5.88. The molecule has 1 N–H and O–H groups in total. The summed E-state index contributed by atoms with van der Waals surface area (Å²) >= 11 is 0. The number of nitrogens with zero attached hydrogens (tertiary/aromatic N) is 2. The molecule has 6 nitrogen and oxygen atoms in total. The molecule has 0 radical (unpaired) electrons. The Labute approximate surface area is 161 Å². The molecule has 0 atom stereocenters. The summed E-state index contributed by atoms with van der Waals surface area (Å²) in [5.74, 6) is -0.795. The molecule has 148 valence electrons. The van der Waals surface area contributed by atoms with Crippen molar-refractivity contribution in [2.45, 2.75) is 58.9 Å². The monoisotopic (exact) mass is 374 g/mol. The second-order valence-electron chi connectivity index (χ2n) is 7.09. The van der Waals surface area contributed by atoms with Gasteiger partial charge in [0.1, 0.15) is 0 Å². The number of hydrogen-bond acceptors (Lipinski definition) is 3. The fourth-order valence-corrected chi connectivity index (χ4v) is 3.51. The highest BCUT2D eigenvalue weighted by Crippen LogP contribution is 2.21. The van der Waals surface area contributed by atoms with Gasteiger partial charge in [-0.05, 0) is 48.9 Å². The van der Waals surface area contributed by atoms with E-state index in [1.165, 1.54) is 0 Å². The smallest absolute Gasteiger partial charge is 0.335 e. The molecule has 1 aromatic carbocycles. The summed E-state index contributed by atoms with van der Waals surface area (Å²) in [7, 11) is 0. The molecule has 0 unspecified atom stereocenters. The first-order valence-corrected chi connectivity index (χ1v) is 9.86. The summed E-state index contributed by atoms with van der Waals surface area (Å²) in [6, 6.07) is 5.12. The highest BCUT2D eigenvalue weighted by Gasteiger charge is 2.22. The van der Waals surface area contributed by atoms with Crippen LogP contribution >= 0.6 is 0 Å². The van der Waals surface area contributed by atoms with Crippen LogP contribution in [0.15, 0.2) is 18.2 Å².